The molecule has 2 heterocycles. The molecule has 1 aromatic carbocycles. The minimum atomic E-state index is -1.10. The molecular weight excluding hydrogens is 434 g/mol. The van der Waals surface area contributed by atoms with Crippen molar-refractivity contribution in [3.63, 3.8) is 0 Å². The maximum Gasteiger partial charge on any atom is 0.411 e. The first-order valence-corrected chi connectivity index (χ1v) is 11.6. The molecule has 1 aliphatic rings. The summed E-state index contributed by atoms with van der Waals surface area (Å²) in [5.74, 6) is 1.21. The summed E-state index contributed by atoms with van der Waals surface area (Å²) in [4.78, 5) is 24.9. The van der Waals surface area contributed by atoms with Crippen LogP contribution in [0.15, 0.2) is 24.3 Å². The quantitative estimate of drug-likeness (QED) is 0.308. The van der Waals surface area contributed by atoms with Gasteiger partial charge in [-0.1, -0.05) is 43.5 Å². The average Bonchev–Trinajstić information content (AvgIpc) is 3.15. The monoisotopic (exact) mass is 465 g/mol. The van der Waals surface area contributed by atoms with E-state index in [0.29, 0.717) is 29.8 Å². The van der Waals surface area contributed by atoms with Crippen LogP contribution in [0.2, 0.25) is 0 Å². The summed E-state index contributed by atoms with van der Waals surface area (Å²) in [6.45, 7) is 5.34. The van der Waals surface area contributed by atoms with Crippen LogP contribution in [-0.2, 0) is 11.3 Å². The van der Waals surface area contributed by atoms with E-state index in [1.165, 1.54) is 12.8 Å². The highest BCUT2D eigenvalue weighted by Crippen LogP contribution is 2.34. The number of primary amides is 1. The molecule has 5 N–H and O–H groups in total. The van der Waals surface area contributed by atoms with Crippen LogP contribution in [0.1, 0.15) is 44.0 Å². The molecule has 10 heteroatoms. The number of fused-ring (bicyclic) bond motifs is 1. The van der Waals surface area contributed by atoms with Gasteiger partial charge in [-0.2, -0.15) is 4.98 Å². The Morgan fingerprint density at radius 3 is 2.71 bits per heavy atom. The van der Waals surface area contributed by atoms with E-state index in [1.54, 1.807) is 0 Å². The second-order valence-corrected chi connectivity index (χ2v) is 9.01. The molecule has 0 atom stereocenters. The molecule has 0 radical (unpaired) electrons. The molecular formula is C24H31N7O3. The highest BCUT2D eigenvalue weighted by molar-refractivity contribution is 5.98. The number of aliphatic hydroxyl groups is 1. The van der Waals surface area contributed by atoms with Crippen molar-refractivity contribution in [2.24, 2.45) is 17.6 Å². The molecule has 0 unspecified atom stereocenters. The molecule has 3 aromatic rings. The van der Waals surface area contributed by atoms with Gasteiger partial charge in [0.2, 0.25) is 11.8 Å². The van der Waals surface area contributed by atoms with Gasteiger partial charge in [0.25, 0.3) is 5.90 Å². The van der Waals surface area contributed by atoms with E-state index < -0.39 is 12.0 Å². The first-order valence-electron chi connectivity index (χ1n) is 11.6. The zero-order chi connectivity index (χ0) is 24.2. The van der Waals surface area contributed by atoms with Crippen molar-refractivity contribution >= 4 is 29.1 Å². The Labute approximate surface area is 198 Å². The molecule has 1 fully saturated rings. The van der Waals surface area contributed by atoms with Gasteiger partial charge in [0.05, 0.1) is 6.61 Å². The molecule has 4 rings (SSSR count). The van der Waals surface area contributed by atoms with Gasteiger partial charge in [0.1, 0.15) is 11.2 Å². The number of anilines is 1. The minimum absolute atomic E-state index is 0.0388. The fraction of sp³-hybridized carbons (Fsp3) is 0.458. The molecule has 0 saturated heterocycles. The number of imidazole rings is 1. The third kappa shape index (κ3) is 5.17. The van der Waals surface area contributed by atoms with Crippen LogP contribution >= 0.6 is 0 Å². The number of ether oxygens (including phenoxy) is 1. The van der Waals surface area contributed by atoms with Gasteiger partial charge in [-0.15, -0.1) is 0 Å². The van der Waals surface area contributed by atoms with Crippen LogP contribution in [0.4, 0.5) is 10.7 Å². The van der Waals surface area contributed by atoms with Gasteiger partial charge < -0.3 is 25.5 Å². The molecule has 0 bridgehead atoms. The lowest BCUT2D eigenvalue weighted by Crippen LogP contribution is -2.21. The van der Waals surface area contributed by atoms with Crippen LogP contribution < -0.4 is 11.1 Å². The van der Waals surface area contributed by atoms with Crippen molar-refractivity contribution in [1.82, 2.24) is 19.5 Å². The highest BCUT2D eigenvalue weighted by atomic mass is 16.6. The Balaban J connectivity index is 1.88. The number of carbonyl (C=O) groups excluding carboxylic acids is 1. The number of aliphatic hydroxyl groups excluding tert-OH is 1. The number of benzene rings is 1. The number of nitrogens with two attached hydrogens (primary N) is 1. The fourth-order valence-corrected chi connectivity index (χ4v) is 4.53. The second-order valence-electron chi connectivity index (χ2n) is 9.01. The van der Waals surface area contributed by atoms with Crippen molar-refractivity contribution < 1.29 is 14.6 Å². The topological polar surface area (TPSA) is 152 Å². The summed E-state index contributed by atoms with van der Waals surface area (Å²) >= 11 is 0. The van der Waals surface area contributed by atoms with E-state index >= 15 is 0 Å². The van der Waals surface area contributed by atoms with Crippen molar-refractivity contribution in [3.8, 4) is 11.3 Å². The Bertz CT molecular complexity index is 1200. The number of nitrogens with one attached hydrogen (secondary N) is 2. The van der Waals surface area contributed by atoms with Crippen LogP contribution in [-0.4, -0.2) is 49.8 Å². The van der Waals surface area contributed by atoms with E-state index in [2.05, 4.69) is 31.8 Å². The van der Waals surface area contributed by atoms with Crippen LogP contribution in [0.25, 0.3) is 22.4 Å². The number of aromatic nitrogens is 4. The van der Waals surface area contributed by atoms with Crippen molar-refractivity contribution in [2.45, 2.75) is 46.1 Å². The first-order chi connectivity index (χ1) is 16.4. The fourth-order valence-electron chi connectivity index (χ4n) is 4.53. The number of hydrogen-bond donors (Lipinski definition) is 4. The molecule has 1 aliphatic carbocycles. The maximum atomic E-state index is 11.2. The second kappa shape index (κ2) is 10.2. The van der Waals surface area contributed by atoms with E-state index in [4.69, 9.17) is 15.9 Å². The largest absolute Gasteiger partial charge is 0.411 e. The van der Waals surface area contributed by atoms with Gasteiger partial charge in [0.15, 0.2) is 5.65 Å². The summed E-state index contributed by atoms with van der Waals surface area (Å²) in [5, 5.41) is 20.7. The Hall–Kier alpha value is -3.53. The molecule has 10 nitrogen and oxygen atoms in total. The molecule has 34 heavy (non-hydrogen) atoms. The number of hydrogen-bond acceptors (Lipinski definition) is 8. The lowest BCUT2D eigenvalue weighted by molar-refractivity contribution is 0.207. The summed E-state index contributed by atoms with van der Waals surface area (Å²) in [6, 6.07) is 7.88. The number of nitrogens with zero attached hydrogens (tertiary/aromatic N) is 4. The zero-order valence-electron chi connectivity index (χ0n) is 19.5. The maximum absolute atomic E-state index is 11.2. The SMILES string of the molecule is Cc1cccc(-c2nc(C(=N)OC(N)=O)nc3nc(NCCO)n(C[C@H]4CC[C@H](C)CC4)c23)c1. The third-order valence-corrected chi connectivity index (χ3v) is 6.27. The van der Waals surface area contributed by atoms with Crippen molar-refractivity contribution in [1.29, 1.82) is 5.41 Å². The third-order valence-electron chi connectivity index (χ3n) is 6.27. The van der Waals surface area contributed by atoms with Gasteiger partial charge in [-0.3, -0.25) is 5.41 Å². The van der Waals surface area contributed by atoms with Crippen molar-refractivity contribution in [2.75, 3.05) is 18.5 Å². The smallest absolute Gasteiger partial charge is 0.395 e. The summed E-state index contributed by atoms with van der Waals surface area (Å²) in [5.41, 5.74) is 8.70. The van der Waals surface area contributed by atoms with Gasteiger partial charge >= 0.3 is 6.09 Å². The van der Waals surface area contributed by atoms with E-state index in [1.807, 2.05) is 31.2 Å². The molecule has 1 amide bonds. The number of aryl methyl sites for hydroxylation is 1. The normalized spacial score (nSPS) is 18.1. The van der Waals surface area contributed by atoms with E-state index in [0.717, 1.165) is 41.9 Å². The average molecular weight is 466 g/mol. The minimum Gasteiger partial charge on any atom is -0.395 e. The van der Waals surface area contributed by atoms with E-state index in [9.17, 15) is 9.90 Å². The lowest BCUT2D eigenvalue weighted by Gasteiger charge is -2.27. The molecule has 0 aliphatic heterocycles. The first kappa shape index (κ1) is 23.6. The highest BCUT2D eigenvalue weighted by Gasteiger charge is 2.25. The molecule has 180 valence electrons. The summed E-state index contributed by atoms with van der Waals surface area (Å²) in [7, 11) is 0. The predicted octanol–water partition coefficient (Wildman–Crippen LogP) is 3.45. The predicted molar refractivity (Wildman–Crippen MR) is 130 cm³/mol. The molecule has 2 aromatic heterocycles. The summed E-state index contributed by atoms with van der Waals surface area (Å²) in [6.07, 6.45) is 3.56. The Morgan fingerprint density at radius 2 is 2.03 bits per heavy atom. The van der Waals surface area contributed by atoms with E-state index in [-0.39, 0.29) is 12.4 Å². The van der Waals surface area contributed by atoms with Crippen LogP contribution in [0, 0.1) is 24.2 Å². The molecule has 0 spiro atoms. The number of amides is 1. The van der Waals surface area contributed by atoms with Gasteiger partial charge in [-0.25, -0.2) is 14.8 Å². The number of rotatable bonds is 7. The standard InChI is InChI=1S/C24H31N7O3/c1-14-6-8-16(9-7-14)13-31-19-18(17-5-3-4-15(2)12-17)28-22(20(25)34-23(26)33)29-21(19)30-24(31)27-10-11-32/h3-5,12,14,16,25,32H,6-11,13H2,1-2H3,(H2,26,33)(H,27,28,29,30)/t14-,16-. The molecule has 1 saturated carbocycles. The van der Waals surface area contributed by atoms with Gasteiger partial charge in [0, 0.05) is 18.7 Å². The Morgan fingerprint density at radius 1 is 1.26 bits per heavy atom. The number of carbonyl (C=O) groups is 1. The summed E-state index contributed by atoms with van der Waals surface area (Å²) < 4.78 is 6.84. The van der Waals surface area contributed by atoms with Crippen LogP contribution in [0.5, 0.6) is 0 Å². The van der Waals surface area contributed by atoms with Gasteiger partial charge in [-0.05, 0) is 37.7 Å². The lowest BCUT2D eigenvalue weighted by atomic mass is 9.83. The van der Waals surface area contributed by atoms with Crippen molar-refractivity contribution in [3.05, 3.63) is 35.7 Å². The Kier molecular flexibility index (Phi) is 7.06. The van der Waals surface area contributed by atoms with Crippen LogP contribution in [0.3, 0.4) is 0 Å². The zero-order valence-corrected chi connectivity index (χ0v) is 19.5.